The molecule has 17 heavy (non-hydrogen) atoms. The van der Waals surface area contributed by atoms with Crippen molar-refractivity contribution in [1.82, 2.24) is 9.71 Å². The third-order valence-electron chi connectivity index (χ3n) is 2.05. The smallest absolute Gasteiger partial charge is 0.260 e. The van der Waals surface area contributed by atoms with Gasteiger partial charge in [-0.2, -0.15) is 4.72 Å². The van der Waals surface area contributed by atoms with E-state index in [1.54, 1.807) is 19.2 Å². The first kappa shape index (κ1) is 13.4. The fourth-order valence-corrected chi connectivity index (χ4v) is 2.49. The van der Waals surface area contributed by atoms with Gasteiger partial charge in [0, 0.05) is 13.2 Å². The highest BCUT2D eigenvalue weighted by molar-refractivity contribution is 7.89. The molecule has 0 fully saturated rings. The molecule has 0 aromatic carbocycles. The molecule has 0 radical (unpaired) electrons. The first-order valence-corrected chi connectivity index (χ1v) is 6.31. The van der Waals surface area contributed by atoms with Crippen LogP contribution in [-0.4, -0.2) is 32.4 Å². The van der Waals surface area contributed by atoms with Crippen LogP contribution in [0.3, 0.4) is 0 Å². The highest BCUT2D eigenvalue weighted by Gasteiger charge is 2.23. The lowest BCUT2D eigenvalue weighted by molar-refractivity contribution is -0.119. The Morgan fingerprint density at radius 3 is 2.71 bits per heavy atom. The number of pyridine rings is 1. The normalized spacial score (nSPS) is 13.1. The van der Waals surface area contributed by atoms with Crippen molar-refractivity contribution in [1.29, 1.82) is 0 Å². The molecule has 0 spiro atoms. The van der Waals surface area contributed by atoms with Crippen molar-refractivity contribution in [2.75, 3.05) is 12.4 Å². The minimum absolute atomic E-state index is 0.171. The molecule has 1 unspecified atom stereocenters. The lowest BCUT2D eigenvalue weighted by atomic mass is 10.4. The molecule has 0 saturated carbocycles. The summed E-state index contributed by atoms with van der Waals surface area (Å²) in [6, 6.07) is 2.17. The summed E-state index contributed by atoms with van der Waals surface area (Å²) in [7, 11) is -2.29. The summed E-state index contributed by atoms with van der Waals surface area (Å²) < 4.78 is 26.0. The summed E-state index contributed by atoms with van der Waals surface area (Å²) in [6.45, 7) is 1.36. The first-order valence-electron chi connectivity index (χ1n) is 4.83. The van der Waals surface area contributed by atoms with E-state index in [9.17, 15) is 13.2 Å². The second-order valence-corrected chi connectivity index (χ2v) is 4.98. The summed E-state index contributed by atoms with van der Waals surface area (Å²) >= 11 is 0. The van der Waals surface area contributed by atoms with Gasteiger partial charge in [-0.3, -0.25) is 4.79 Å². The maximum atomic E-state index is 11.9. The van der Waals surface area contributed by atoms with Gasteiger partial charge in [-0.05, 0) is 19.1 Å². The molecule has 4 N–H and O–H groups in total. The quantitative estimate of drug-likeness (QED) is 0.644. The Morgan fingerprint density at radius 1 is 1.53 bits per heavy atom. The van der Waals surface area contributed by atoms with Crippen LogP contribution in [0.15, 0.2) is 23.4 Å². The lowest BCUT2D eigenvalue weighted by Crippen LogP contribution is -2.42. The van der Waals surface area contributed by atoms with E-state index in [0.717, 1.165) is 0 Å². The predicted octanol–water partition coefficient (Wildman–Crippen LogP) is -0.725. The summed E-state index contributed by atoms with van der Waals surface area (Å²) in [4.78, 5) is 14.6. The van der Waals surface area contributed by atoms with Crippen LogP contribution in [0.1, 0.15) is 6.92 Å². The van der Waals surface area contributed by atoms with Crippen LogP contribution in [0.25, 0.3) is 0 Å². The molecule has 1 rings (SSSR count). The summed E-state index contributed by atoms with van der Waals surface area (Å²) in [6.07, 6.45) is 1.35. The Morgan fingerprint density at radius 2 is 2.18 bits per heavy atom. The molecule has 1 heterocycles. The Bertz CT molecular complexity index is 515. The molecule has 1 amide bonds. The molecule has 8 heteroatoms. The molecule has 0 aliphatic carbocycles. The molecule has 1 atom stereocenters. The van der Waals surface area contributed by atoms with Crippen LogP contribution in [0.5, 0.6) is 0 Å². The van der Waals surface area contributed by atoms with Crippen molar-refractivity contribution in [2.24, 2.45) is 5.73 Å². The largest absolute Gasteiger partial charge is 0.386 e. The molecule has 1 aromatic heterocycles. The number of rotatable bonds is 5. The molecule has 0 aliphatic heterocycles. The van der Waals surface area contributed by atoms with Crippen molar-refractivity contribution in [3.63, 3.8) is 0 Å². The van der Waals surface area contributed by atoms with Crippen LogP contribution < -0.4 is 15.8 Å². The molecule has 7 nitrogen and oxygen atoms in total. The standard InChI is InChI=1S/C9H14N4O3S/c1-6(8(10)14)13-17(15,16)9-7(11-2)4-3-5-12-9/h3-6,11,13H,1-2H3,(H2,10,14). The van der Waals surface area contributed by atoms with Gasteiger partial charge in [0.2, 0.25) is 5.91 Å². The van der Waals surface area contributed by atoms with Gasteiger partial charge in [0.05, 0.1) is 11.7 Å². The van der Waals surface area contributed by atoms with E-state index in [4.69, 9.17) is 5.73 Å². The van der Waals surface area contributed by atoms with Gasteiger partial charge in [-0.15, -0.1) is 0 Å². The monoisotopic (exact) mass is 258 g/mol. The van der Waals surface area contributed by atoms with E-state index < -0.39 is 22.0 Å². The maximum absolute atomic E-state index is 11.9. The van der Waals surface area contributed by atoms with Crippen LogP contribution in [-0.2, 0) is 14.8 Å². The number of primary amides is 1. The zero-order valence-electron chi connectivity index (χ0n) is 9.47. The number of carbonyl (C=O) groups excluding carboxylic acids is 1. The minimum atomic E-state index is -3.87. The maximum Gasteiger partial charge on any atom is 0.260 e. The fraction of sp³-hybridized carbons (Fsp3) is 0.333. The van der Waals surface area contributed by atoms with Gasteiger partial charge in [-0.1, -0.05) is 0 Å². The van der Waals surface area contributed by atoms with Gasteiger partial charge in [0.1, 0.15) is 0 Å². The second-order valence-electron chi connectivity index (χ2n) is 3.35. The molecular weight excluding hydrogens is 244 g/mol. The van der Waals surface area contributed by atoms with E-state index in [1.165, 1.54) is 13.1 Å². The van der Waals surface area contributed by atoms with E-state index >= 15 is 0 Å². The number of hydrogen-bond donors (Lipinski definition) is 3. The third kappa shape index (κ3) is 3.14. The molecule has 94 valence electrons. The number of nitrogens with one attached hydrogen (secondary N) is 2. The first-order chi connectivity index (χ1) is 7.88. The third-order valence-corrected chi connectivity index (χ3v) is 3.55. The number of nitrogens with two attached hydrogens (primary N) is 1. The van der Waals surface area contributed by atoms with E-state index in [2.05, 4.69) is 15.0 Å². The van der Waals surface area contributed by atoms with Gasteiger partial charge >= 0.3 is 0 Å². The van der Waals surface area contributed by atoms with Crippen molar-refractivity contribution < 1.29 is 13.2 Å². The average molecular weight is 258 g/mol. The molecule has 0 aliphatic rings. The molecular formula is C9H14N4O3S. The number of hydrogen-bond acceptors (Lipinski definition) is 5. The fourth-order valence-electron chi connectivity index (χ4n) is 1.14. The SMILES string of the molecule is CNc1cccnc1S(=O)(=O)NC(C)C(N)=O. The van der Waals surface area contributed by atoms with Crippen molar-refractivity contribution in [3.05, 3.63) is 18.3 Å². The number of anilines is 1. The number of nitrogens with zero attached hydrogens (tertiary/aromatic N) is 1. The van der Waals surface area contributed by atoms with Crippen molar-refractivity contribution in [2.45, 2.75) is 18.0 Å². The summed E-state index contributed by atoms with van der Waals surface area (Å²) in [5.74, 6) is -0.754. The van der Waals surface area contributed by atoms with Gasteiger partial charge in [0.15, 0.2) is 5.03 Å². The topological polar surface area (TPSA) is 114 Å². The van der Waals surface area contributed by atoms with Crippen molar-refractivity contribution >= 4 is 21.6 Å². The van der Waals surface area contributed by atoms with Gasteiger partial charge in [0.25, 0.3) is 10.0 Å². The zero-order valence-corrected chi connectivity index (χ0v) is 10.3. The number of carbonyl (C=O) groups is 1. The van der Waals surface area contributed by atoms with Crippen LogP contribution in [0.2, 0.25) is 0 Å². The van der Waals surface area contributed by atoms with Crippen LogP contribution in [0, 0.1) is 0 Å². The zero-order chi connectivity index (χ0) is 13.1. The second kappa shape index (κ2) is 5.11. The number of amides is 1. The Labute approximate surface area is 99.5 Å². The summed E-state index contributed by atoms with van der Waals surface area (Å²) in [5, 5.41) is 2.54. The lowest BCUT2D eigenvalue weighted by Gasteiger charge is -2.12. The van der Waals surface area contributed by atoms with Gasteiger partial charge in [-0.25, -0.2) is 13.4 Å². The van der Waals surface area contributed by atoms with Crippen molar-refractivity contribution in [3.8, 4) is 0 Å². The minimum Gasteiger partial charge on any atom is -0.386 e. The number of sulfonamides is 1. The van der Waals surface area contributed by atoms with Crippen LogP contribution in [0.4, 0.5) is 5.69 Å². The number of aromatic nitrogens is 1. The van der Waals surface area contributed by atoms with Gasteiger partial charge < -0.3 is 11.1 Å². The molecule has 0 saturated heterocycles. The highest BCUT2D eigenvalue weighted by Crippen LogP contribution is 2.17. The highest BCUT2D eigenvalue weighted by atomic mass is 32.2. The Hall–Kier alpha value is -1.67. The summed E-state index contributed by atoms with van der Waals surface area (Å²) in [5.41, 5.74) is 5.33. The van der Waals surface area contributed by atoms with E-state index in [1.807, 2.05) is 0 Å². The Balaban J connectivity index is 3.09. The van der Waals surface area contributed by atoms with E-state index in [0.29, 0.717) is 5.69 Å². The predicted molar refractivity (Wildman–Crippen MR) is 62.8 cm³/mol. The van der Waals surface area contributed by atoms with E-state index in [-0.39, 0.29) is 5.03 Å². The Kier molecular flexibility index (Phi) is 4.02. The average Bonchev–Trinajstić information content (AvgIpc) is 2.28. The molecule has 1 aromatic rings. The molecule has 0 bridgehead atoms. The van der Waals surface area contributed by atoms with Crippen LogP contribution >= 0.6 is 0 Å².